The molecule has 0 saturated carbocycles. The molecule has 0 aliphatic rings. The lowest BCUT2D eigenvalue weighted by atomic mass is 10.0. The van der Waals surface area contributed by atoms with Crippen LogP contribution < -0.4 is 10.1 Å². The molecule has 3 aromatic carbocycles. The van der Waals surface area contributed by atoms with Gasteiger partial charge in [0.2, 0.25) is 0 Å². The van der Waals surface area contributed by atoms with Crippen LogP contribution in [0.1, 0.15) is 31.0 Å². The highest BCUT2D eigenvalue weighted by Gasteiger charge is 2.19. The van der Waals surface area contributed by atoms with Gasteiger partial charge < -0.3 is 10.1 Å². The van der Waals surface area contributed by atoms with Gasteiger partial charge in [-0.2, -0.15) is 5.26 Å². The average molecular weight is 344 g/mol. The molecule has 3 aromatic rings. The quantitative estimate of drug-likeness (QED) is 0.748. The third kappa shape index (κ3) is 3.84. The molecule has 0 radical (unpaired) electrons. The van der Waals surface area contributed by atoms with Crippen LogP contribution >= 0.6 is 0 Å². The lowest BCUT2D eigenvalue weighted by Gasteiger charge is -2.19. The second-order valence-corrected chi connectivity index (χ2v) is 6.20. The molecule has 0 aliphatic carbocycles. The van der Waals surface area contributed by atoms with E-state index >= 15 is 0 Å². The largest absolute Gasteiger partial charge is 0.480 e. The molecule has 0 fully saturated rings. The van der Waals surface area contributed by atoms with Crippen molar-refractivity contribution in [2.45, 2.75) is 26.0 Å². The van der Waals surface area contributed by atoms with Crippen LogP contribution in [0, 0.1) is 11.3 Å². The summed E-state index contributed by atoms with van der Waals surface area (Å²) >= 11 is 0. The molecule has 4 nitrogen and oxygen atoms in total. The van der Waals surface area contributed by atoms with E-state index in [4.69, 9.17) is 10.00 Å². The van der Waals surface area contributed by atoms with Crippen molar-refractivity contribution in [2.75, 3.05) is 0 Å². The summed E-state index contributed by atoms with van der Waals surface area (Å²) in [6.07, 6.45) is -0.701. The maximum atomic E-state index is 12.5. The summed E-state index contributed by atoms with van der Waals surface area (Å²) in [4.78, 5) is 12.5. The lowest BCUT2D eigenvalue weighted by molar-refractivity contribution is -0.127. The molecule has 0 aromatic heterocycles. The second-order valence-electron chi connectivity index (χ2n) is 6.20. The first-order valence-electron chi connectivity index (χ1n) is 8.53. The smallest absolute Gasteiger partial charge is 0.261 e. The van der Waals surface area contributed by atoms with Crippen LogP contribution in [0.25, 0.3) is 10.8 Å². The number of ether oxygens (including phenoxy) is 1. The lowest BCUT2D eigenvalue weighted by Crippen LogP contribution is -2.37. The molecular formula is C22H20N2O2. The Bertz CT molecular complexity index is 975. The van der Waals surface area contributed by atoms with Crippen molar-refractivity contribution in [3.63, 3.8) is 0 Å². The molecular weight excluding hydrogens is 324 g/mol. The molecule has 4 heteroatoms. The van der Waals surface area contributed by atoms with Crippen LogP contribution in [0.2, 0.25) is 0 Å². The molecule has 3 rings (SSSR count). The van der Waals surface area contributed by atoms with Gasteiger partial charge in [0.15, 0.2) is 6.10 Å². The minimum atomic E-state index is -0.701. The number of fused-ring (bicyclic) bond motifs is 1. The monoisotopic (exact) mass is 344 g/mol. The summed E-state index contributed by atoms with van der Waals surface area (Å²) in [5, 5.41) is 14.4. The fourth-order valence-electron chi connectivity index (χ4n) is 2.80. The van der Waals surface area contributed by atoms with Crippen LogP contribution in [0.5, 0.6) is 5.75 Å². The third-order valence-corrected chi connectivity index (χ3v) is 4.31. The Morgan fingerprint density at radius 3 is 2.46 bits per heavy atom. The highest BCUT2D eigenvalue weighted by molar-refractivity contribution is 5.84. The number of hydrogen-bond donors (Lipinski definition) is 1. The van der Waals surface area contributed by atoms with Gasteiger partial charge >= 0.3 is 0 Å². The van der Waals surface area contributed by atoms with Crippen LogP contribution in [0.3, 0.4) is 0 Å². The molecule has 0 saturated heterocycles. The minimum Gasteiger partial charge on any atom is -0.480 e. The fraction of sp³-hybridized carbons (Fsp3) is 0.182. The first-order chi connectivity index (χ1) is 12.6. The predicted molar refractivity (Wildman–Crippen MR) is 102 cm³/mol. The Kier molecular flexibility index (Phi) is 5.19. The van der Waals surface area contributed by atoms with Crippen molar-refractivity contribution in [1.29, 1.82) is 5.26 Å². The first-order valence-corrected chi connectivity index (χ1v) is 8.53. The van der Waals surface area contributed by atoms with Gasteiger partial charge in [-0.15, -0.1) is 0 Å². The van der Waals surface area contributed by atoms with E-state index in [-0.39, 0.29) is 11.9 Å². The van der Waals surface area contributed by atoms with Crippen molar-refractivity contribution in [2.24, 2.45) is 0 Å². The number of para-hydroxylation sites is 1. The van der Waals surface area contributed by atoms with Crippen molar-refractivity contribution in [1.82, 2.24) is 5.32 Å². The molecule has 0 bridgehead atoms. The summed E-state index contributed by atoms with van der Waals surface area (Å²) in [7, 11) is 0. The Labute approximate surface area is 153 Å². The Hall–Kier alpha value is -3.32. The summed E-state index contributed by atoms with van der Waals surface area (Å²) in [6.45, 7) is 3.62. The number of rotatable bonds is 5. The number of nitriles is 1. The molecule has 2 atom stereocenters. The van der Waals surface area contributed by atoms with Gasteiger partial charge in [0.25, 0.3) is 5.91 Å². The van der Waals surface area contributed by atoms with E-state index in [1.165, 1.54) is 5.39 Å². The summed E-state index contributed by atoms with van der Waals surface area (Å²) in [5.74, 6) is 0.189. The van der Waals surface area contributed by atoms with Crippen molar-refractivity contribution in [3.05, 3.63) is 77.9 Å². The van der Waals surface area contributed by atoms with Gasteiger partial charge in [-0.25, -0.2) is 0 Å². The summed E-state index contributed by atoms with van der Waals surface area (Å²) in [5.41, 5.74) is 1.44. The van der Waals surface area contributed by atoms with Gasteiger partial charge in [-0.1, -0.05) is 48.5 Å². The molecule has 1 N–H and O–H groups in total. The number of nitrogens with one attached hydrogen (secondary N) is 1. The zero-order chi connectivity index (χ0) is 18.5. The summed E-state index contributed by atoms with van der Waals surface area (Å²) < 4.78 is 5.67. The van der Waals surface area contributed by atoms with Crippen molar-refractivity contribution >= 4 is 16.7 Å². The third-order valence-electron chi connectivity index (χ3n) is 4.31. The second kappa shape index (κ2) is 7.71. The Balaban J connectivity index is 1.68. The summed E-state index contributed by atoms with van der Waals surface area (Å²) in [6, 6.07) is 23.1. The Morgan fingerprint density at radius 2 is 1.69 bits per heavy atom. The molecule has 130 valence electrons. The topological polar surface area (TPSA) is 62.1 Å². The number of benzene rings is 3. The number of carbonyl (C=O) groups is 1. The zero-order valence-corrected chi connectivity index (χ0v) is 14.8. The van der Waals surface area contributed by atoms with Crippen LogP contribution in [0.4, 0.5) is 0 Å². The van der Waals surface area contributed by atoms with E-state index < -0.39 is 6.10 Å². The number of amides is 1. The van der Waals surface area contributed by atoms with Crippen LogP contribution in [-0.2, 0) is 4.79 Å². The maximum Gasteiger partial charge on any atom is 0.261 e. The van der Waals surface area contributed by atoms with Crippen LogP contribution in [0.15, 0.2) is 66.7 Å². The first kappa shape index (κ1) is 17.5. The van der Waals surface area contributed by atoms with Crippen molar-refractivity contribution in [3.8, 4) is 11.8 Å². The van der Waals surface area contributed by atoms with E-state index in [0.717, 1.165) is 10.9 Å². The molecule has 2 unspecified atom stereocenters. The maximum absolute atomic E-state index is 12.5. The van der Waals surface area contributed by atoms with Crippen molar-refractivity contribution < 1.29 is 9.53 Å². The minimum absolute atomic E-state index is 0.149. The standard InChI is InChI=1S/C22H20N2O2/c1-15(18-12-11-17-7-3-4-8-19(17)13-18)24-22(25)16(2)26-21-10-6-5-9-20(21)14-23/h3-13,15-16H,1-2H3,(H,24,25). The molecule has 0 heterocycles. The SMILES string of the molecule is CC(Oc1ccccc1C#N)C(=O)NC(C)c1ccc2ccccc2c1. The zero-order valence-electron chi connectivity index (χ0n) is 14.8. The molecule has 26 heavy (non-hydrogen) atoms. The highest BCUT2D eigenvalue weighted by atomic mass is 16.5. The van der Waals surface area contributed by atoms with Gasteiger partial charge in [-0.05, 0) is 48.4 Å². The molecule has 0 aliphatic heterocycles. The number of nitrogens with zero attached hydrogens (tertiary/aromatic N) is 1. The molecule has 1 amide bonds. The van der Waals surface area contributed by atoms with Gasteiger partial charge in [0.1, 0.15) is 11.8 Å². The fourth-order valence-corrected chi connectivity index (χ4v) is 2.80. The van der Waals surface area contributed by atoms with Gasteiger partial charge in [-0.3, -0.25) is 4.79 Å². The Morgan fingerprint density at radius 1 is 1.00 bits per heavy atom. The normalized spacial score (nSPS) is 12.8. The van der Waals surface area contributed by atoms with Gasteiger partial charge in [0, 0.05) is 0 Å². The van der Waals surface area contributed by atoms with E-state index in [2.05, 4.69) is 35.7 Å². The van der Waals surface area contributed by atoms with E-state index in [9.17, 15) is 4.79 Å². The average Bonchev–Trinajstić information content (AvgIpc) is 2.67. The highest BCUT2D eigenvalue weighted by Crippen LogP contribution is 2.21. The predicted octanol–water partition coefficient (Wildman–Crippen LogP) is 4.36. The van der Waals surface area contributed by atoms with E-state index in [1.807, 2.05) is 25.1 Å². The number of carbonyl (C=O) groups excluding carboxylic acids is 1. The number of hydrogen-bond acceptors (Lipinski definition) is 3. The van der Waals surface area contributed by atoms with E-state index in [0.29, 0.717) is 11.3 Å². The van der Waals surface area contributed by atoms with Gasteiger partial charge in [0.05, 0.1) is 11.6 Å². The van der Waals surface area contributed by atoms with Crippen LogP contribution in [-0.4, -0.2) is 12.0 Å². The van der Waals surface area contributed by atoms with E-state index in [1.54, 1.807) is 31.2 Å². The molecule has 0 spiro atoms.